The number of aryl methyl sites for hydroxylation is 1. The van der Waals surface area contributed by atoms with E-state index in [4.69, 9.17) is 5.11 Å². The summed E-state index contributed by atoms with van der Waals surface area (Å²) in [7, 11) is 2.09. The van der Waals surface area contributed by atoms with Crippen LogP contribution in [0.4, 0.5) is 10.5 Å². The summed E-state index contributed by atoms with van der Waals surface area (Å²) in [6.45, 7) is 3.34. The summed E-state index contributed by atoms with van der Waals surface area (Å²) in [6, 6.07) is 7.99. The molecular formula is C16H21N3O3. The Labute approximate surface area is 129 Å². The van der Waals surface area contributed by atoms with Crippen LogP contribution in [0.3, 0.4) is 0 Å². The van der Waals surface area contributed by atoms with Gasteiger partial charge in [0.05, 0.1) is 6.04 Å². The number of carboxylic acid groups (broad SMARTS) is 1. The molecule has 1 atom stereocenters. The fourth-order valence-corrected chi connectivity index (χ4v) is 3.17. The molecule has 3 rings (SSSR count). The quantitative estimate of drug-likeness (QED) is 0.909. The maximum Gasteiger partial charge on any atom is 0.324 e. The van der Waals surface area contributed by atoms with Crippen LogP contribution in [0.5, 0.6) is 0 Å². The number of likely N-dealkylation sites (N-methyl/N-ethyl adjacent to an activating group) is 1. The zero-order chi connectivity index (χ0) is 15.7. The summed E-state index contributed by atoms with van der Waals surface area (Å²) < 4.78 is 0. The lowest BCUT2D eigenvalue weighted by atomic mass is 10.1. The van der Waals surface area contributed by atoms with Gasteiger partial charge in [-0.3, -0.25) is 9.69 Å². The van der Waals surface area contributed by atoms with Crippen LogP contribution in [0.15, 0.2) is 24.3 Å². The number of hydrogen-bond acceptors (Lipinski definition) is 3. The predicted molar refractivity (Wildman–Crippen MR) is 83.1 cm³/mol. The summed E-state index contributed by atoms with van der Waals surface area (Å²) in [5.74, 6) is -0.792. The Hall–Kier alpha value is -2.08. The summed E-state index contributed by atoms with van der Waals surface area (Å²) >= 11 is 0. The number of amides is 2. The van der Waals surface area contributed by atoms with Crippen LogP contribution in [0.25, 0.3) is 0 Å². The molecule has 0 aliphatic carbocycles. The molecule has 0 bridgehead atoms. The zero-order valence-electron chi connectivity index (χ0n) is 12.7. The molecule has 0 saturated carbocycles. The van der Waals surface area contributed by atoms with Crippen LogP contribution in [0.1, 0.15) is 12.0 Å². The van der Waals surface area contributed by atoms with Crippen molar-refractivity contribution >= 4 is 17.7 Å². The number of fused-ring (bicyclic) bond motifs is 1. The van der Waals surface area contributed by atoms with E-state index in [1.54, 1.807) is 0 Å². The number of hydrogen-bond donors (Lipinski definition) is 1. The fraction of sp³-hybridized carbons (Fsp3) is 0.500. The summed E-state index contributed by atoms with van der Waals surface area (Å²) in [4.78, 5) is 29.1. The first-order valence-corrected chi connectivity index (χ1v) is 7.62. The second-order valence-corrected chi connectivity index (χ2v) is 6.06. The van der Waals surface area contributed by atoms with Crippen molar-refractivity contribution in [3.8, 4) is 0 Å². The Morgan fingerprint density at radius 2 is 1.95 bits per heavy atom. The van der Waals surface area contributed by atoms with Gasteiger partial charge < -0.3 is 14.9 Å². The van der Waals surface area contributed by atoms with E-state index in [0.717, 1.165) is 37.4 Å². The van der Waals surface area contributed by atoms with Crippen LogP contribution in [0, 0.1) is 0 Å². The molecule has 2 aliphatic heterocycles. The van der Waals surface area contributed by atoms with E-state index < -0.39 is 5.97 Å². The molecule has 1 aromatic rings. The number of urea groups is 1. The molecule has 0 unspecified atom stereocenters. The van der Waals surface area contributed by atoms with Crippen molar-refractivity contribution in [3.05, 3.63) is 29.8 Å². The number of benzene rings is 1. The van der Waals surface area contributed by atoms with Crippen molar-refractivity contribution in [1.29, 1.82) is 0 Å². The molecule has 2 heterocycles. The van der Waals surface area contributed by atoms with Gasteiger partial charge in [-0.25, -0.2) is 4.79 Å². The molecule has 2 amide bonds. The first kappa shape index (κ1) is 14.8. The Morgan fingerprint density at radius 1 is 1.23 bits per heavy atom. The molecule has 2 saturated heterocycles. The number of carbonyl (C=O) groups excluding carboxylic acids is 1. The predicted octanol–water partition coefficient (Wildman–Crippen LogP) is 1.26. The van der Waals surface area contributed by atoms with Gasteiger partial charge in [-0.15, -0.1) is 0 Å². The lowest BCUT2D eigenvalue weighted by molar-refractivity contribution is -0.136. The first-order chi connectivity index (χ1) is 10.5. The Morgan fingerprint density at radius 3 is 2.64 bits per heavy atom. The Balaban J connectivity index is 1.69. The van der Waals surface area contributed by atoms with Crippen molar-refractivity contribution in [1.82, 2.24) is 9.80 Å². The van der Waals surface area contributed by atoms with E-state index in [1.807, 2.05) is 34.1 Å². The highest BCUT2D eigenvalue weighted by molar-refractivity contribution is 5.94. The number of carboxylic acids is 1. The van der Waals surface area contributed by atoms with Crippen LogP contribution in [0.2, 0.25) is 0 Å². The van der Waals surface area contributed by atoms with Gasteiger partial charge in [0.2, 0.25) is 0 Å². The lowest BCUT2D eigenvalue weighted by Gasteiger charge is -2.33. The largest absolute Gasteiger partial charge is 0.481 e. The molecule has 0 aromatic heterocycles. The van der Waals surface area contributed by atoms with Crippen molar-refractivity contribution in [2.45, 2.75) is 18.9 Å². The molecular weight excluding hydrogens is 282 g/mol. The third kappa shape index (κ3) is 2.92. The van der Waals surface area contributed by atoms with Gasteiger partial charge in [-0.05, 0) is 31.2 Å². The zero-order valence-corrected chi connectivity index (χ0v) is 12.7. The van der Waals surface area contributed by atoms with Gasteiger partial charge in [-0.2, -0.15) is 0 Å². The van der Waals surface area contributed by atoms with Gasteiger partial charge >= 0.3 is 12.0 Å². The van der Waals surface area contributed by atoms with E-state index in [9.17, 15) is 9.59 Å². The van der Waals surface area contributed by atoms with E-state index in [-0.39, 0.29) is 18.5 Å². The third-order valence-corrected chi connectivity index (χ3v) is 4.43. The fourth-order valence-electron chi connectivity index (χ4n) is 3.17. The number of nitrogens with zero attached hydrogens (tertiary/aromatic N) is 3. The van der Waals surface area contributed by atoms with Crippen LogP contribution in [-0.2, 0) is 11.2 Å². The minimum absolute atomic E-state index is 0.0800. The van der Waals surface area contributed by atoms with Crippen molar-refractivity contribution in [2.75, 3.05) is 38.1 Å². The van der Waals surface area contributed by atoms with E-state index in [2.05, 4.69) is 11.9 Å². The van der Waals surface area contributed by atoms with Crippen molar-refractivity contribution < 1.29 is 14.7 Å². The minimum atomic E-state index is -0.792. The smallest absolute Gasteiger partial charge is 0.324 e. The Bertz CT molecular complexity index is 573. The van der Waals surface area contributed by atoms with Gasteiger partial charge in [0.25, 0.3) is 0 Å². The molecule has 22 heavy (non-hydrogen) atoms. The number of piperazine rings is 1. The van der Waals surface area contributed by atoms with E-state index in [0.29, 0.717) is 6.42 Å². The van der Waals surface area contributed by atoms with Gasteiger partial charge in [0, 0.05) is 38.3 Å². The summed E-state index contributed by atoms with van der Waals surface area (Å²) in [6.07, 6.45) is 0.646. The van der Waals surface area contributed by atoms with Gasteiger partial charge in [0.1, 0.15) is 0 Å². The summed E-state index contributed by atoms with van der Waals surface area (Å²) in [5.41, 5.74) is 1.87. The highest BCUT2D eigenvalue weighted by atomic mass is 16.4. The number of carbonyl (C=O) groups is 2. The molecule has 6 nitrogen and oxygen atoms in total. The average molecular weight is 303 g/mol. The Kier molecular flexibility index (Phi) is 4.02. The van der Waals surface area contributed by atoms with Gasteiger partial charge in [0.15, 0.2) is 0 Å². The molecule has 2 fully saturated rings. The maximum atomic E-state index is 12.5. The number of aliphatic carboxylic acids is 1. The van der Waals surface area contributed by atoms with Crippen LogP contribution in [-0.4, -0.2) is 66.2 Å². The highest BCUT2D eigenvalue weighted by Crippen LogP contribution is 2.26. The molecule has 0 radical (unpaired) electrons. The van der Waals surface area contributed by atoms with Crippen LogP contribution < -0.4 is 4.90 Å². The van der Waals surface area contributed by atoms with Gasteiger partial charge in [-0.1, -0.05) is 12.1 Å². The molecule has 1 aromatic carbocycles. The molecule has 0 spiro atoms. The summed E-state index contributed by atoms with van der Waals surface area (Å²) in [5, 5.41) is 8.71. The first-order valence-electron chi connectivity index (χ1n) is 7.62. The van der Waals surface area contributed by atoms with E-state index in [1.165, 1.54) is 0 Å². The topological polar surface area (TPSA) is 64.1 Å². The highest BCUT2D eigenvalue weighted by Gasteiger charge is 2.40. The lowest BCUT2D eigenvalue weighted by Crippen LogP contribution is -2.50. The second-order valence-electron chi connectivity index (χ2n) is 6.06. The maximum absolute atomic E-state index is 12.5. The SMILES string of the molecule is CN1CCN2C(=O)N(c3ccc(CCC(=O)O)cc3)C[C@@H]2C1. The van der Waals surface area contributed by atoms with E-state index >= 15 is 0 Å². The van der Waals surface area contributed by atoms with Crippen molar-refractivity contribution in [2.24, 2.45) is 0 Å². The molecule has 118 valence electrons. The monoisotopic (exact) mass is 303 g/mol. The average Bonchev–Trinajstić information content (AvgIpc) is 2.82. The second kappa shape index (κ2) is 5.96. The van der Waals surface area contributed by atoms with Crippen LogP contribution >= 0.6 is 0 Å². The molecule has 6 heteroatoms. The normalized spacial score (nSPS) is 22.0. The standard InChI is InChI=1S/C16H21N3O3/c1-17-8-9-18-14(10-17)11-19(16(18)22)13-5-2-12(3-6-13)4-7-15(20)21/h2-3,5-6,14H,4,7-11H2,1H3,(H,20,21)/t14-/m0/s1. The minimum Gasteiger partial charge on any atom is -0.481 e. The molecule has 1 N–H and O–H groups in total. The molecule has 2 aliphatic rings. The number of rotatable bonds is 4. The third-order valence-electron chi connectivity index (χ3n) is 4.43. The van der Waals surface area contributed by atoms with Crippen molar-refractivity contribution in [3.63, 3.8) is 0 Å². The number of anilines is 1.